The Morgan fingerprint density at radius 2 is 2.44 bits per heavy atom. The van der Waals surface area contributed by atoms with Crippen molar-refractivity contribution >= 4 is 17.6 Å². The first-order chi connectivity index (χ1) is 4.20. The lowest BCUT2D eigenvalue weighted by Crippen LogP contribution is -2.10. The lowest BCUT2D eigenvalue weighted by Gasteiger charge is -2.00. The van der Waals surface area contributed by atoms with Gasteiger partial charge in [0.1, 0.15) is 6.67 Å². The molecule has 0 spiro atoms. The summed E-state index contributed by atoms with van der Waals surface area (Å²) < 4.78 is 15.8. The number of alkyl halides is 2. The fraction of sp³-hybridized carbons (Fsp3) is 0.800. The summed E-state index contributed by atoms with van der Waals surface area (Å²) in [5.74, 6) is -0.479. The molecule has 9 heavy (non-hydrogen) atoms. The first-order valence-corrected chi connectivity index (χ1v) is 2.91. The third-order valence-corrected chi connectivity index (χ3v) is 1.05. The van der Waals surface area contributed by atoms with Crippen molar-refractivity contribution in [3.05, 3.63) is 0 Å². The molecule has 0 fully saturated rings. The minimum Gasteiger partial charge on any atom is -0.469 e. The molecule has 0 aliphatic rings. The Balaban J connectivity index is 3.34. The van der Waals surface area contributed by atoms with Gasteiger partial charge in [-0.15, -0.1) is 11.6 Å². The lowest BCUT2D eigenvalue weighted by molar-refractivity contribution is -0.140. The average molecular weight is 155 g/mol. The molecule has 0 bridgehead atoms. The van der Waals surface area contributed by atoms with Crippen molar-refractivity contribution in [1.29, 1.82) is 0 Å². The van der Waals surface area contributed by atoms with E-state index in [2.05, 4.69) is 4.74 Å². The van der Waals surface area contributed by atoms with Crippen molar-refractivity contribution in [3.8, 4) is 0 Å². The maximum Gasteiger partial charge on any atom is 0.307 e. The second-order valence-electron chi connectivity index (χ2n) is 1.53. The molecule has 1 unspecified atom stereocenters. The van der Waals surface area contributed by atoms with Crippen LogP contribution in [0.5, 0.6) is 0 Å². The molecule has 0 aliphatic heterocycles. The standard InChI is InChI=1S/C5H8ClFO2/c1-9-5(8)2-4(6)3-7/h4H,2-3H2,1H3. The van der Waals surface area contributed by atoms with Crippen LogP contribution in [0.2, 0.25) is 0 Å². The Kier molecular flexibility index (Phi) is 4.40. The van der Waals surface area contributed by atoms with E-state index in [1.54, 1.807) is 0 Å². The summed E-state index contributed by atoms with van der Waals surface area (Å²) in [5, 5.41) is -0.738. The summed E-state index contributed by atoms with van der Waals surface area (Å²) in [7, 11) is 1.24. The first kappa shape index (κ1) is 8.69. The minimum atomic E-state index is -0.738. The van der Waals surface area contributed by atoms with E-state index in [1.807, 2.05) is 0 Å². The molecule has 0 amide bonds. The van der Waals surface area contributed by atoms with Crippen LogP contribution in [0.3, 0.4) is 0 Å². The zero-order valence-corrected chi connectivity index (χ0v) is 5.82. The predicted molar refractivity (Wildman–Crippen MR) is 32.2 cm³/mol. The Morgan fingerprint density at radius 3 is 2.78 bits per heavy atom. The van der Waals surface area contributed by atoms with Crippen molar-refractivity contribution in [1.82, 2.24) is 0 Å². The second-order valence-corrected chi connectivity index (χ2v) is 2.15. The summed E-state index contributed by atoms with van der Waals surface area (Å²) in [6, 6.07) is 0. The maximum absolute atomic E-state index is 11.5. The molecule has 1 atom stereocenters. The monoisotopic (exact) mass is 154 g/mol. The van der Waals surface area contributed by atoms with Gasteiger partial charge in [-0.05, 0) is 0 Å². The molecule has 0 saturated heterocycles. The Bertz CT molecular complexity index is 97.0. The number of methoxy groups -OCH3 is 1. The zero-order chi connectivity index (χ0) is 7.28. The SMILES string of the molecule is COC(=O)CC(Cl)CF. The smallest absolute Gasteiger partial charge is 0.307 e. The van der Waals surface area contributed by atoms with E-state index in [9.17, 15) is 9.18 Å². The molecular formula is C5H8ClFO2. The summed E-state index contributed by atoms with van der Waals surface area (Å²) >= 11 is 5.26. The van der Waals surface area contributed by atoms with Gasteiger partial charge in [0, 0.05) is 0 Å². The highest BCUT2D eigenvalue weighted by molar-refractivity contribution is 6.21. The van der Waals surface area contributed by atoms with E-state index in [-0.39, 0.29) is 6.42 Å². The molecule has 54 valence electrons. The van der Waals surface area contributed by atoms with Crippen LogP contribution in [0.15, 0.2) is 0 Å². The van der Waals surface area contributed by atoms with E-state index in [1.165, 1.54) is 7.11 Å². The average Bonchev–Trinajstić information content (AvgIpc) is 1.87. The molecule has 4 heteroatoms. The van der Waals surface area contributed by atoms with Gasteiger partial charge in [-0.3, -0.25) is 4.79 Å². The van der Waals surface area contributed by atoms with Crippen LogP contribution >= 0.6 is 11.6 Å². The van der Waals surface area contributed by atoms with E-state index in [4.69, 9.17) is 11.6 Å². The van der Waals surface area contributed by atoms with Crippen molar-refractivity contribution in [2.24, 2.45) is 0 Å². The molecule has 0 radical (unpaired) electrons. The zero-order valence-electron chi connectivity index (χ0n) is 5.06. The van der Waals surface area contributed by atoms with Gasteiger partial charge in [-0.25, -0.2) is 4.39 Å². The van der Waals surface area contributed by atoms with E-state index in [0.717, 1.165) is 0 Å². The van der Waals surface area contributed by atoms with Crippen molar-refractivity contribution in [3.63, 3.8) is 0 Å². The van der Waals surface area contributed by atoms with Crippen molar-refractivity contribution in [2.75, 3.05) is 13.8 Å². The highest BCUT2D eigenvalue weighted by atomic mass is 35.5. The molecule has 0 aromatic heterocycles. The van der Waals surface area contributed by atoms with Crippen LogP contribution in [-0.2, 0) is 9.53 Å². The predicted octanol–water partition coefficient (Wildman–Crippen LogP) is 1.13. The maximum atomic E-state index is 11.5. The fourth-order valence-corrected chi connectivity index (χ4v) is 0.445. The third-order valence-electron chi connectivity index (χ3n) is 0.783. The van der Waals surface area contributed by atoms with Crippen LogP contribution < -0.4 is 0 Å². The largest absolute Gasteiger partial charge is 0.469 e. The summed E-state index contributed by atoms with van der Waals surface area (Å²) in [6.45, 7) is -0.698. The molecule has 0 rings (SSSR count). The molecule has 0 aliphatic carbocycles. The summed E-state index contributed by atoms with van der Waals surface area (Å²) in [6.07, 6.45) is -0.0610. The van der Waals surface area contributed by atoms with E-state index >= 15 is 0 Å². The van der Waals surface area contributed by atoms with Crippen LogP contribution in [0.25, 0.3) is 0 Å². The quantitative estimate of drug-likeness (QED) is 0.450. The molecule has 0 heterocycles. The van der Waals surface area contributed by atoms with Gasteiger partial charge < -0.3 is 4.74 Å². The van der Waals surface area contributed by atoms with Gasteiger partial charge in [0.15, 0.2) is 0 Å². The van der Waals surface area contributed by atoms with Crippen LogP contribution in [0, 0.1) is 0 Å². The Morgan fingerprint density at radius 1 is 1.89 bits per heavy atom. The van der Waals surface area contributed by atoms with Crippen molar-refractivity contribution < 1.29 is 13.9 Å². The third kappa shape index (κ3) is 4.21. The molecule has 0 aromatic carbocycles. The number of halogens is 2. The second kappa shape index (κ2) is 4.56. The van der Waals surface area contributed by atoms with Gasteiger partial charge in [-0.2, -0.15) is 0 Å². The Labute approximate surface area is 57.9 Å². The molecule has 2 nitrogen and oxygen atoms in total. The number of carbonyl (C=O) groups excluding carboxylic acids is 1. The molecule has 0 N–H and O–H groups in total. The normalized spacial score (nSPS) is 12.8. The summed E-state index contributed by atoms with van der Waals surface area (Å²) in [5.41, 5.74) is 0. The van der Waals surface area contributed by atoms with E-state index < -0.39 is 18.0 Å². The minimum absolute atomic E-state index is 0.0610. The number of hydrogen-bond donors (Lipinski definition) is 0. The van der Waals surface area contributed by atoms with Gasteiger partial charge in [0.2, 0.25) is 0 Å². The highest BCUT2D eigenvalue weighted by Gasteiger charge is 2.09. The molecular weight excluding hydrogens is 147 g/mol. The van der Waals surface area contributed by atoms with E-state index in [0.29, 0.717) is 0 Å². The van der Waals surface area contributed by atoms with Crippen molar-refractivity contribution in [2.45, 2.75) is 11.8 Å². The topological polar surface area (TPSA) is 26.3 Å². The fourth-order valence-electron chi connectivity index (χ4n) is 0.319. The van der Waals surface area contributed by atoms with Gasteiger partial charge in [0.25, 0.3) is 0 Å². The molecule has 0 aromatic rings. The van der Waals surface area contributed by atoms with Gasteiger partial charge in [0.05, 0.1) is 18.9 Å². The number of carbonyl (C=O) groups is 1. The number of ether oxygens (including phenoxy) is 1. The summed E-state index contributed by atoms with van der Waals surface area (Å²) in [4.78, 5) is 10.3. The van der Waals surface area contributed by atoms with Gasteiger partial charge >= 0.3 is 5.97 Å². The first-order valence-electron chi connectivity index (χ1n) is 2.47. The van der Waals surface area contributed by atoms with Crippen LogP contribution in [0.1, 0.15) is 6.42 Å². The number of rotatable bonds is 3. The Hall–Kier alpha value is -0.310. The van der Waals surface area contributed by atoms with Crippen LogP contribution in [0.4, 0.5) is 4.39 Å². The van der Waals surface area contributed by atoms with Crippen LogP contribution in [-0.4, -0.2) is 25.1 Å². The number of hydrogen-bond acceptors (Lipinski definition) is 2. The highest BCUT2D eigenvalue weighted by Crippen LogP contribution is 2.02. The lowest BCUT2D eigenvalue weighted by atomic mass is 10.3. The van der Waals surface area contributed by atoms with Gasteiger partial charge in [-0.1, -0.05) is 0 Å². The number of esters is 1. The molecule has 0 saturated carbocycles.